The molecule has 0 radical (unpaired) electrons. The van der Waals surface area contributed by atoms with E-state index in [1.807, 2.05) is 36.4 Å². The van der Waals surface area contributed by atoms with Crippen molar-refractivity contribution < 1.29 is 4.79 Å². The van der Waals surface area contributed by atoms with Gasteiger partial charge in [-0.25, -0.2) is 4.98 Å². The van der Waals surface area contributed by atoms with Gasteiger partial charge in [-0.15, -0.1) is 0 Å². The highest BCUT2D eigenvalue weighted by molar-refractivity contribution is 6.30. The predicted molar refractivity (Wildman–Crippen MR) is 109 cm³/mol. The molecule has 144 valence electrons. The zero-order valence-corrected chi connectivity index (χ0v) is 16.3. The van der Waals surface area contributed by atoms with Crippen molar-refractivity contribution in [3.63, 3.8) is 0 Å². The van der Waals surface area contributed by atoms with Gasteiger partial charge >= 0.3 is 0 Å². The van der Waals surface area contributed by atoms with Crippen molar-refractivity contribution in [1.29, 1.82) is 0 Å². The SMILES string of the molecule is Nc1ncccc1CN1CCC(CCC(=O)NCc2cccc(Cl)c2)CC1. The van der Waals surface area contributed by atoms with E-state index in [0.29, 0.717) is 29.7 Å². The fourth-order valence-corrected chi connectivity index (χ4v) is 3.74. The average Bonchev–Trinajstić information content (AvgIpc) is 2.68. The second-order valence-electron chi connectivity index (χ2n) is 7.21. The molecule has 0 saturated carbocycles. The van der Waals surface area contributed by atoms with E-state index >= 15 is 0 Å². The van der Waals surface area contributed by atoms with Crippen molar-refractivity contribution in [2.75, 3.05) is 18.8 Å². The smallest absolute Gasteiger partial charge is 0.220 e. The number of piperidine rings is 1. The van der Waals surface area contributed by atoms with Crippen molar-refractivity contribution in [1.82, 2.24) is 15.2 Å². The third-order valence-electron chi connectivity index (χ3n) is 5.19. The molecule has 0 bridgehead atoms. The topological polar surface area (TPSA) is 71.2 Å². The summed E-state index contributed by atoms with van der Waals surface area (Å²) >= 11 is 5.97. The first-order valence-corrected chi connectivity index (χ1v) is 9.91. The van der Waals surface area contributed by atoms with E-state index in [2.05, 4.69) is 15.2 Å². The maximum Gasteiger partial charge on any atom is 0.220 e. The molecular formula is C21H27ClN4O. The number of nitrogen functional groups attached to an aromatic ring is 1. The van der Waals surface area contributed by atoms with Crippen LogP contribution in [0.5, 0.6) is 0 Å². The summed E-state index contributed by atoms with van der Waals surface area (Å²) in [6.07, 6.45) is 5.51. The number of carbonyl (C=O) groups excluding carboxylic acids is 1. The lowest BCUT2D eigenvalue weighted by Gasteiger charge is -2.32. The number of rotatable bonds is 7. The Morgan fingerprint density at radius 2 is 2.07 bits per heavy atom. The highest BCUT2D eigenvalue weighted by Crippen LogP contribution is 2.23. The van der Waals surface area contributed by atoms with Crippen LogP contribution in [0.1, 0.15) is 36.8 Å². The van der Waals surface area contributed by atoms with Crippen LogP contribution in [-0.2, 0) is 17.9 Å². The van der Waals surface area contributed by atoms with E-state index in [0.717, 1.165) is 50.0 Å². The summed E-state index contributed by atoms with van der Waals surface area (Å²) in [6.45, 7) is 3.48. The number of benzene rings is 1. The molecule has 3 N–H and O–H groups in total. The van der Waals surface area contributed by atoms with Crippen molar-refractivity contribution >= 4 is 23.3 Å². The maximum atomic E-state index is 12.1. The molecule has 27 heavy (non-hydrogen) atoms. The van der Waals surface area contributed by atoms with Crippen LogP contribution in [0.3, 0.4) is 0 Å². The molecule has 6 heteroatoms. The zero-order chi connectivity index (χ0) is 19.1. The van der Waals surface area contributed by atoms with Crippen molar-refractivity contribution in [3.05, 3.63) is 58.7 Å². The Hall–Kier alpha value is -2.11. The summed E-state index contributed by atoms with van der Waals surface area (Å²) in [5, 5.41) is 3.68. The highest BCUT2D eigenvalue weighted by Gasteiger charge is 2.20. The van der Waals surface area contributed by atoms with E-state index < -0.39 is 0 Å². The molecule has 0 aliphatic carbocycles. The lowest BCUT2D eigenvalue weighted by Crippen LogP contribution is -2.34. The summed E-state index contributed by atoms with van der Waals surface area (Å²) in [5.74, 6) is 1.35. The summed E-state index contributed by atoms with van der Waals surface area (Å²) < 4.78 is 0. The van der Waals surface area contributed by atoms with Crippen LogP contribution in [0.25, 0.3) is 0 Å². The van der Waals surface area contributed by atoms with Gasteiger partial charge in [-0.2, -0.15) is 0 Å². The number of amides is 1. The summed E-state index contributed by atoms with van der Waals surface area (Å²) in [5.41, 5.74) is 8.06. The molecule has 0 spiro atoms. The molecular weight excluding hydrogens is 360 g/mol. The van der Waals surface area contributed by atoms with Gasteiger partial charge in [-0.05, 0) is 62.0 Å². The molecule has 0 atom stereocenters. The van der Waals surface area contributed by atoms with Gasteiger partial charge in [0.1, 0.15) is 5.82 Å². The number of nitrogens with zero attached hydrogens (tertiary/aromatic N) is 2. The molecule has 1 fully saturated rings. The normalized spacial score (nSPS) is 15.6. The number of carbonyl (C=O) groups is 1. The Bertz CT molecular complexity index is 759. The Morgan fingerprint density at radius 3 is 2.81 bits per heavy atom. The van der Waals surface area contributed by atoms with E-state index in [1.54, 1.807) is 6.20 Å². The number of likely N-dealkylation sites (tertiary alicyclic amines) is 1. The molecule has 1 saturated heterocycles. The van der Waals surface area contributed by atoms with Crippen LogP contribution >= 0.6 is 11.6 Å². The number of anilines is 1. The fraction of sp³-hybridized carbons (Fsp3) is 0.429. The molecule has 1 aromatic heterocycles. The van der Waals surface area contributed by atoms with Crippen LogP contribution in [0.2, 0.25) is 5.02 Å². The minimum absolute atomic E-state index is 0.112. The molecule has 2 aromatic rings. The van der Waals surface area contributed by atoms with Crippen molar-refractivity contribution in [3.8, 4) is 0 Å². The summed E-state index contributed by atoms with van der Waals surface area (Å²) in [7, 11) is 0. The molecule has 5 nitrogen and oxygen atoms in total. The number of halogens is 1. The maximum absolute atomic E-state index is 12.1. The first-order chi connectivity index (χ1) is 13.1. The van der Waals surface area contributed by atoms with E-state index in [1.165, 1.54) is 0 Å². The van der Waals surface area contributed by atoms with Crippen LogP contribution in [0, 0.1) is 5.92 Å². The Labute approximate surface area is 165 Å². The first kappa shape index (κ1) is 19.6. The third-order valence-corrected chi connectivity index (χ3v) is 5.42. The quantitative estimate of drug-likeness (QED) is 0.762. The third kappa shape index (κ3) is 6.22. The summed E-state index contributed by atoms with van der Waals surface area (Å²) in [6, 6.07) is 11.6. The fourth-order valence-electron chi connectivity index (χ4n) is 3.53. The number of nitrogens with one attached hydrogen (secondary N) is 1. The first-order valence-electron chi connectivity index (χ1n) is 9.53. The van der Waals surface area contributed by atoms with Crippen LogP contribution < -0.4 is 11.1 Å². The largest absolute Gasteiger partial charge is 0.383 e. The molecule has 1 aliphatic rings. The van der Waals surface area contributed by atoms with Gasteiger partial charge in [0.05, 0.1) is 0 Å². The number of nitrogens with two attached hydrogens (primary N) is 1. The Morgan fingerprint density at radius 1 is 1.26 bits per heavy atom. The second kappa shape index (κ2) is 9.72. The van der Waals surface area contributed by atoms with Gasteiger partial charge in [0.15, 0.2) is 0 Å². The lowest BCUT2D eigenvalue weighted by atomic mass is 9.92. The van der Waals surface area contributed by atoms with E-state index in [-0.39, 0.29) is 5.91 Å². The van der Waals surface area contributed by atoms with Gasteiger partial charge in [0.25, 0.3) is 0 Å². The molecule has 1 aromatic carbocycles. The van der Waals surface area contributed by atoms with Crippen molar-refractivity contribution in [2.24, 2.45) is 5.92 Å². The van der Waals surface area contributed by atoms with Crippen molar-refractivity contribution in [2.45, 2.75) is 38.8 Å². The Kier molecular flexibility index (Phi) is 7.07. The summed E-state index contributed by atoms with van der Waals surface area (Å²) in [4.78, 5) is 18.7. The van der Waals surface area contributed by atoms with Crippen LogP contribution in [0.4, 0.5) is 5.82 Å². The van der Waals surface area contributed by atoms with Gasteiger partial charge in [0, 0.05) is 36.3 Å². The molecule has 0 unspecified atom stereocenters. The molecule has 2 heterocycles. The number of aromatic nitrogens is 1. The average molecular weight is 387 g/mol. The van der Waals surface area contributed by atoms with E-state index in [4.69, 9.17) is 17.3 Å². The lowest BCUT2D eigenvalue weighted by molar-refractivity contribution is -0.121. The standard InChI is InChI=1S/C21H27ClN4O/c22-19-5-1-3-17(13-19)14-25-20(27)7-6-16-8-11-26(12-9-16)15-18-4-2-10-24-21(18)23/h1-5,10,13,16H,6-9,11-12,14-15H2,(H2,23,24)(H,25,27). The second-order valence-corrected chi connectivity index (χ2v) is 7.65. The molecule has 1 aliphatic heterocycles. The van der Waals surface area contributed by atoms with Gasteiger partial charge < -0.3 is 11.1 Å². The zero-order valence-electron chi connectivity index (χ0n) is 15.5. The minimum Gasteiger partial charge on any atom is -0.383 e. The van der Waals surface area contributed by atoms with Crippen LogP contribution in [-0.4, -0.2) is 28.9 Å². The van der Waals surface area contributed by atoms with Gasteiger partial charge in [-0.3, -0.25) is 9.69 Å². The van der Waals surface area contributed by atoms with Gasteiger partial charge in [-0.1, -0.05) is 29.8 Å². The Balaban J connectivity index is 1.34. The van der Waals surface area contributed by atoms with E-state index in [9.17, 15) is 4.79 Å². The van der Waals surface area contributed by atoms with Crippen LogP contribution in [0.15, 0.2) is 42.6 Å². The monoisotopic (exact) mass is 386 g/mol. The predicted octanol–water partition coefficient (Wildman–Crippen LogP) is 3.63. The number of pyridine rings is 1. The highest BCUT2D eigenvalue weighted by atomic mass is 35.5. The molecule has 1 amide bonds. The minimum atomic E-state index is 0.112. The van der Waals surface area contributed by atoms with Gasteiger partial charge in [0.2, 0.25) is 5.91 Å². The number of hydrogen-bond donors (Lipinski definition) is 2. The number of hydrogen-bond acceptors (Lipinski definition) is 4. The molecule has 3 rings (SSSR count).